The van der Waals surface area contributed by atoms with Crippen LogP contribution >= 0.6 is 11.6 Å². The van der Waals surface area contributed by atoms with Crippen LogP contribution in [0.1, 0.15) is 24.4 Å². The molecule has 0 bridgehead atoms. The molecule has 3 rings (SSSR count). The van der Waals surface area contributed by atoms with E-state index in [0.29, 0.717) is 22.5 Å². The van der Waals surface area contributed by atoms with E-state index in [4.69, 9.17) is 21.8 Å². The number of benzene rings is 1. The minimum absolute atomic E-state index is 0.341. The first-order chi connectivity index (χ1) is 11.0. The Bertz CT molecular complexity index is 851. The Labute approximate surface area is 137 Å². The van der Waals surface area contributed by atoms with E-state index in [-0.39, 0.29) is 0 Å². The molecule has 7 heteroatoms. The van der Waals surface area contributed by atoms with Crippen molar-refractivity contribution in [2.24, 2.45) is 5.73 Å². The molecule has 0 saturated heterocycles. The molecule has 2 N–H and O–H groups in total. The summed E-state index contributed by atoms with van der Waals surface area (Å²) in [6, 6.07) is 7.50. The Hall–Kier alpha value is -2.60. The molecule has 0 aliphatic carbocycles. The van der Waals surface area contributed by atoms with Crippen molar-refractivity contribution in [1.82, 2.24) is 14.5 Å². The van der Waals surface area contributed by atoms with Gasteiger partial charge in [-0.25, -0.2) is 4.98 Å². The van der Waals surface area contributed by atoms with Crippen molar-refractivity contribution >= 4 is 17.5 Å². The quantitative estimate of drug-likeness (QED) is 0.796. The van der Waals surface area contributed by atoms with E-state index in [2.05, 4.69) is 9.97 Å². The number of aromatic nitrogens is 3. The molecule has 0 spiro atoms. The molecule has 0 fully saturated rings. The summed E-state index contributed by atoms with van der Waals surface area (Å²) in [5.74, 6) is 0.0612. The molecule has 6 nitrogen and oxygen atoms in total. The predicted octanol–water partition coefficient (Wildman–Crippen LogP) is 3.08. The van der Waals surface area contributed by atoms with Crippen LogP contribution in [-0.2, 0) is 4.79 Å². The molecule has 0 aliphatic rings. The van der Waals surface area contributed by atoms with Gasteiger partial charge in [-0.3, -0.25) is 9.36 Å². The van der Waals surface area contributed by atoms with Gasteiger partial charge in [0, 0.05) is 23.0 Å². The van der Waals surface area contributed by atoms with Crippen molar-refractivity contribution in [3.05, 3.63) is 53.3 Å². The van der Waals surface area contributed by atoms with Crippen molar-refractivity contribution in [3.63, 3.8) is 0 Å². The summed E-state index contributed by atoms with van der Waals surface area (Å²) >= 11 is 5.93. The van der Waals surface area contributed by atoms with Crippen LogP contribution in [0, 0.1) is 6.92 Å². The van der Waals surface area contributed by atoms with Crippen molar-refractivity contribution < 1.29 is 9.21 Å². The number of halogens is 1. The van der Waals surface area contributed by atoms with Gasteiger partial charge in [0.05, 0.1) is 5.92 Å². The van der Waals surface area contributed by atoms with Gasteiger partial charge in [0.25, 0.3) is 0 Å². The third kappa shape index (κ3) is 2.85. The molecular weight excluding hydrogens is 316 g/mol. The molecule has 0 aliphatic heterocycles. The summed E-state index contributed by atoms with van der Waals surface area (Å²) in [5, 5.41) is 0.618. The smallest absolute Gasteiger partial charge is 0.307 e. The van der Waals surface area contributed by atoms with Crippen LogP contribution in [0.4, 0.5) is 0 Å². The maximum atomic E-state index is 11.6. The lowest BCUT2D eigenvalue weighted by Gasteiger charge is -2.06. The summed E-state index contributed by atoms with van der Waals surface area (Å²) in [7, 11) is 0. The predicted molar refractivity (Wildman–Crippen MR) is 86.4 cm³/mol. The minimum atomic E-state index is -0.606. The average molecular weight is 331 g/mol. The van der Waals surface area contributed by atoms with Gasteiger partial charge in [0.2, 0.25) is 5.91 Å². The van der Waals surface area contributed by atoms with Crippen LogP contribution < -0.4 is 5.73 Å². The summed E-state index contributed by atoms with van der Waals surface area (Å²) in [6.07, 6.45) is 3.39. The van der Waals surface area contributed by atoms with E-state index in [0.717, 1.165) is 11.4 Å². The van der Waals surface area contributed by atoms with Gasteiger partial charge in [-0.2, -0.15) is 4.98 Å². The number of imidazole rings is 1. The van der Waals surface area contributed by atoms with Crippen LogP contribution in [0.25, 0.3) is 17.3 Å². The zero-order valence-electron chi connectivity index (χ0n) is 12.7. The van der Waals surface area contributed by atoms with Crippen LogP contribution in [0.15, 0.2) is 41.1 Å². The molecule has 1 aromatic carbocycles. The van der Waals surface area contributed by atoms with Gasteiger partial charge in [0.1, 0.15) is 17.3 Å². The molecule has 2 aromatic heterocycles. The van der Waals surface area contributed by atoms with Gasteiger partial charge in [-0.1, -0.05) is 23.7 Å². The second-order valence-corrected chi connectivity index (χ2v) is 5.62. The lowest BCUT2D eigenvalue weighted by molar-refractivity contribution is -0.119. The van der Waals surface area contributed by atoms with Gasteiger partial charge >= 0.3 is 6.01 Å². The summed E-state index contributed by atoms with van der Waals surface area (Å²) in [6.45, 7) is 3.52. The highest BCUT2D eigenvalue weighted by molar-refractivity contribution is 6.30. The van der Waals surface area contributed by atoms with Crippen LogP contribution in [0.5, 0.6) is 0 Å². The van der Waals surface area contributed by atoms with E-state index in [9.17, 15) is 4.79 Å². The summed E-state index contributed by atoms with van der Waals surface area (Å²) < 4.78 is 7.53. The largest absolute Gasteiger partial charge is 0.427 e. The summed E-state index contributed by atoms with van der Waals surface area (Å²) in [5.41, 5.74) is 6.79. The highest BCUT2D eigenvalue weighted by Crippen LogP contribution is 2.32. The maximum absolute atomic E-state index is 11.6. The Morgan fingerprint density at radius 2 is 2.04 bits per heavy atom. The van der Waals surface area contributed by atoms with Gasteiger partial charge in [0.15, 0.2) is 0 Å². The number of amides is 1. The highest BCUT2D eigenvalue weighted by Gasteiger charge is 2.25. The number of aryl methyl sites for hydroxylation is 1. The van der Waals surface area contributed by atoms with Crippen molar-refractivity contribution in [2.75, 3.05) is 0 Å². The number of hydrogen-bond donors (Lipinski definition) is 1. The Balaban J connectivity index is 2.16. The number of rotatable bonds is 4. The fraction of sp³-hybridized carbons (Fsp3) is 0.188. The number of hydrogen-bond acceptors (Lipinski definition) is 4. The van der Waals surface area contributed by atoms with E-state index >= 15 is 0 Å². The second kappa shape index (κ2) is 5.89. The molecule has 23 heavy (non-hydrogen) atoms. The third-order valence-corrected chi connectivity index (χ3v) is 3.86. The average Bonchev–Trinajstić information content (AvgIpc) is 3.13. The first-order valence-corrected chi connectivity index (χ1v) is 7.41. The third-order valence-electron chi connectivity index (χ3n) is 3.61. The van der Waals surface area contributed by atoms with E-state index < -0.39 is 11.8 Å². The summed E-state index contributed by atoms with van der Waals surface area (Å²) in [4.78, 5) is 20.3. The molecular formula is C16H15ClN4O2. The minimum Gasteiger partial charge on any atom is -0.427 e. The first-order valence-electron chi connectivity index (χ1n) is 7.03. The number of nitrogens with zero attached hydrogens (tertiary/aromatic N) is 3. The molecule has 1 atom stereocenters. The Kier molecular flexibility index (Phi) is 3.92. The molecule has 2 heterocycles. The number of oxazole rings is 1. The SMILES string of the molecule is Cc1nccn1-c1nc(-c2ccc(Cl)cc2)c(C(C)C(N)=O)o1. The monoisotopic (exact) mass is 330 g/mol. The number of carbonyl (C=O) groups excluding carboxylic acids is 1. The van der Waals surface area contributed by atoms with Crippen molar-refractivity contribution in [2.45, 2.75) is 19.8 Å². The molecule has 1 unspecified atom stereocenters. The molecule has 0 radical (unpaired) electrons. The van der Waals surface area contributed by atoms with Gasteiger partial charge < -0.3 is 10.2 Å². The maximum Gasteiger partial charge on any atom is 0.307 e. The van der Waals surface area contributed by atoms with Gasteiger partial charge in [-0.05, 0) is 26.0 Å². The number of carbonyl (C=O) groups is 1. The standard InChI is InChI=1S/C16H15ClN4O2/c1-9(15(18)22)14-13(11-3-5-12(17)6-4-11)20-16(23-14)21-8-7-19-10(21)2/h3-9H,1-2H3,(H2,18,22). The fourth-order valence-corrected chi connectivity index (χ4v) is 2.37. The first kappa shape index (κ1) is 15.3. The normalized spacial score (nSPS) is 12.3. The van der Waals surface area contributed by atoms with Crippen LogP contribution in [-0.4, -0.2) is 20.4 Å². The molecule has 0 saturated carbocycles. The number of primary amides is 1. The lowest BCUT2D eigenvalue weighted by Crippen LogP contribution is -2.18. The zero-order chi connectivity index (χ0) is 16.6. The Morgan fingerprint density at radius 3 is 2.61 bits per heavy atom. The molecule has 1 amide bonds. The van der Waals surface area contributed by atoms with Crippen molar-refractivity contribution in [3.8, 4) is 17.3 Å². The van der Waals surface area contributed by atoms with Crippen LogP contribution in [0.3, 0.4) is 0 Å². The second-order valence-electron chi connectivity index (χ2n) is 5.18. The Morgan fingerprint density at radius 1 is 1.35 bits per heavy atom. The van der Waals surface area contributed by atoms with Crippen molar-refractivity contribution in [1.29, 1.82) is 0 Å². The van der Waals surface area contributed by atoms with E-state index in [1.165, 1.54) is 0 Å². The lowest BCUT2D eigenvalue weighted by atomic mass is 10.0. The highest BCUT2D eigenvalue weighted by atomic mass is 35.5. The topological polar surface area (TPSA) is 86.9 Å². The van der Waals surface area contributed by atoms with Crippen LogP contribution in [0.2, 0.25) is 5.02 Å². The molecule has 118 valence electrons. The van der Waals surface area contributed by atoms with E-state index in [1.807, 2.05) is 19.1 Å². The van der Waals surface area contributed by atoms with Gasteiger partial charge in [-0.15, -0.1) is 0 Å². The zero-order valence-corrected chi connectivity index (χ0v) is 13.4. The fourth-order valence-electron chi connectivity index (χ4n) is 2.24. The molecule has 3 aromatic rings. The van der Waals surface area contributed by atoms with E-state index in [1.54, 1.807) is 36.0 Å². The number of nitrogens with two attached hydrogens (primary N) is 1.